The van der Waals surface area contributed by atoms with Gasteiger partial charge in [-0.2, -0.15) is 5.26 Å². The molecule has 0 spiro atoms. The number of hydrogen-bond acceptors (Lipinski definition) is 1. The molecule has 0 aromatic carbocycles. The summed E-state index contributed by atoms with van der Waals surface area (Å²) in [6, 6.07) is 2.37. The Morgan fingerprint density at radius 2 is 2.23 bits per heavy atom. The lowest BCUT2D eigenvalue weighted by Gasteiger charge is -2.32. The SMILES string of the molecule is C=C(C)C1CC(=C)C(C)C(C#N)C1. The van der Waals surface area contributed by atoms with E-state index >= 15 is 0 Å². The summed E-state index contributed by atoms with van der Waals surface area (Å²) in [5.41, 5.74) is 2.40. The number of allylic oxidation sites excluding steroid dienone is 2. The molecule has 1 aliphatic carbocycles. The fraction of sp³-hybridized carbons (Fsp3) is 0.583. The van der Waals surface area contributed by atoms with Crippen LogP contribution in [0.25, 0.3) is 0 Å². The number of rotatable bonds is 1. The minimum Gasteiger partial charge on any atom is -0.198 e. The third kappa shape index (κ3) is 2.01. The van der Waals surface area contributed by atoms with E-state index in [-0.39, 0.29) is 5.92 Å². The summed E-state index contributed by atoms with van der Waals surface area (Å²) >= 11 is 0. The maximum absolute atomic E-state index is 8.96. The first-order valence-electron chi connectivity index (χ1n) is 4.79. The molecule has 0 aromatic rings. The second kappa shape index (κ2) is 3.79. The second-order valence-corrected chi connectivity index (χ2v) is 4.17. The Morgan fingerprint density at radius 3 is 2.69 bits per heavy atom. The van der Waals surface area contributed by atoms with Crippen LogP contribution in [0.1, 0.15) is 26.7 Å². The maximum atomic E-state index is 8.96. The second-order valence-electron chi connectivity index (χ2n) is 4.17. The molecule has 0 radical (unpaired) electrons. The summed E-state index contributed by atoms with van der Waals surface area (Å²) in [4.78, 5) is 0. The molecule has 1 aliphatic rings. The zero-order chi connectivity index (χ0) is 10.0. The highest BCUT2D eigenvalue weighted by Gasteiger charge is 2.30. The molecule has 1 rings (SSSR count). The molecule has 3 atom stereocenters. The van der Waals surface area contributed by atoms with E-state index in [1.165, 1.54) is 11.1 Å². The molecule has 1 saturated carbocycles. The fourth-order valence-electron chi connectivity index (χ4n) is 1.92. The zero-order valence-corrected chi connectivity index (χ0v) is 8.51. The average molecular weight is 175 g/mol. The summed E-state index contributed by atoms with van der Waals surface area (Å²) in [6.45, 7) is 12.1. The van der Waals surface area contributed by atoms with Gasteiger partial charge in [0.2, 0.25) is 0 Å². The van der Waals surface area contributed by atoms with E-state index in [1.807, 2.05) is 6.92 Å². The first kappa shape index (κ1) is 10.1. The van der Waals surface area contributed by atoms with Crippen molar-refractivity contribution in [1.29, 1.82) is 5.26 Å². The van der Waals surface area contributed by atoms with Crippen LogP contribution < -0.4 is 0 Å². The lowest BCUT2D eigenvalue weighted by molar-refractivity contribution is 0.334. The van der Waals surface area contributed by atoms with Crippen LogP contribution in [0.3, 0.4) is 0 Å². The van der Waals surface area contributed by atoms with Crippen LogP contribution in [-0.4, -0.2) is 0 Å². The molecule has 0 bridgehead atoms. The Labute approximate surface area is 80.8 Å². The summed E-state index contributed by atoms with van der Waals surface area (Å²) in [5.74, 6) is 0.983. The van der Waals surface area contributed by atoms with Gasteiger partial charge in [0.1, 0.15) is 0 Å². The van der Waals surface area contributed by atoms with Crippen molar-refractivity contribution in [3.8, 4) is 6.07 Å². The molecule has 1 heteroatoms. The lowest BCUT2D eigenvalue weighted by Crippen LogP contribution is -2.24. The molecule has 70 valence electrons. The highest BCUT2D eigenvalue weighted by molar-refractivity contribution is 5.16. The molecule has 0 aliphatic heterocycles. The van der Waals surface area contributed by atoms with Crippen LogP contribution >= 0.6 is 0 Å². The van der Waals surface area contributed by atoms with Crippen LogP contribution in [-0.2, 0) is 0 Å². The zero-order valence-electron chi connectivity index (χ0n) is 8.51. The van der Waals surface area contributed by atoms with Crippen molar-refractivity contribution in [2.45, 2.75) is 26.7 Å². The summed E-state index contributed by atoms with van der Waals surface area (Å²) in [5, 5.41) is 8.96. The molecule has 0 heterocycles. The average Bonchev–Trinajstić information content (AvgIpc) is 2.09. The van der Waals surface area contributed by atoms with Gasteiger partial charge in [-0.25, -0.2) is 0 Å². The lowest BCUT2D eigenvalue weighted by atomic mass is 9.71. The van der Waals surface area contributed by atoms with E-state index in [1.54, 1.807) is 0 Å². The van der Waals surface area contributed by atoms with Gasteiger partial charge in [0.15, 0.2) is 0 Å². The minimum absolute atomic E-state index is 0.142. The molecular formula is C12H17N. The van der Waals surface area contributed by atoms with E-state index in [0.717, 1.165) is 12.8 Å². The topological polar surface area (TPSA) is 23.8 Å². The van der Waals surface area contributed by atoms with E-state index < -0.39 is 0 Å². The maximum Gasteiger partial charge on any atom is 0.0662 e. The first-order valence-corrected chi connectivity index (χ1v) is 4.79. The van der Waals surface area contributed by atoms with Crippen molar-refractivity contribution in [3.05, 3.63) is 24.3 Å². The van der Waals surface area contributed by atoms with Gasteiger partial charge in [-0.05, 0) is 31.6 Å². The Hall–Kier alpha value is -1.03. The van der Waals surface area contributed by atoms with Gasteiger partial charge in [-0.3, -0.25) is 0 Å². The third-order valence-electron chi connectivity index (χ3n) is 3.16. The molecule has 1 fully saturated rings. The van der Waals surface area contributed by atoms with Gasteiger partial charge in [0.25, 0.3) is 0 Å². The first-order chi connectivity index (χ1) is 6.06. The van der Waals surface area contributed by atoms with Crippen LogP contribution in [0.2, 0.25) is 0 Å². The Bertz CT molecular complexity index is 269. The smallest absolute Gasteiger partial charge is 0.0662 e. The number of hydrogen-bond donors (Lipinski definition) is 0. The molecule has 13 heavy (non-hydrogen) atoms. The van der Waals surface area contributed by atoms with Gasteiger partial charge in [-0.1, -0.05) is 31.2 Å². The predicted molar refractivity (Wildman–Crippen MR) is 54.9 cm³/mol. The van der Waals surface area contributed by atoms with Gasteiger partial charge in [0.05, 0.1) is 12.0 Å². The molecule has 0 aromatic heterocycles. The minimum atomic E-state index is 0.142. The van der Waals surface area contributed by atoms with Gasteiger partial charge in [-0.15, -0.1) is 0 Å². The monoisotopic (exact) mass is 175 g/mol. The Balaban J connectivity index is 2.76. The van der Waals surface area contributed by atoms with Crippen molar-refractivity contribution in [1.82, 2.24) is 0 Å². The normalized spacial score (nSPS) is 33.9. The van der Waals surface area contributed by atoms with Gasteiger partial charge >= 0.3 is 0 Å². The summed E-state index contributed by atoms with van der Waals surface area (Å²) in [7, 11) is 0. The molecule has 0 amide bonds. The Morgan fingerprint density at radius 1 is 1.62 bits per heavy atom. The highest BCUT2D eigenvalue weighted by atomic mass is 14.4. The molecular weight excluding hydrogens is 158 g/mol. The highest BCUT2D eigenvalue weighted by Crippen LogP contribution is 2.38. The fourth-order valence-corrected chi connectivity index (χ4v) is 1.92. The Kier molecular flexibility index (Phi) is 2.93. The molecule has 3 unspecified atom stereocenters. The van der Waals surface area contributed by atoms with E-state index in [2.05, 4.69) is 26.2 Å². The van der Waals surface area contributed by atoms with Crippen LogP contribution in [0.15, 0.2) is 24.3 Å². The molecule has 0 saturated heterocycles. The van der Waals surface area contributed by atoms with Crippen molar-refractivity contribution in [3.63, 3.8) is 0 Å². The van der Waals surface area contributed by atoms with E-state index in [4.69, 9.17) is 5.26 Å². The predicted octanol–water partition coefficient (Wildman–Crippen LogP) is 3.30. The number of nitriles is 1. The summed E-state index contributed by atoms with van der Waals surface area (Å²) < 4.78 is 0. The third-order valence-corrected chi connectivity index (χ3v) is 3.16. The number of nitrogens with zero attached hydrogens (tertiary/aromatic N) is 1. The van der Waals surface area contributed by atoms with Crippen molar-refractivity contribution in [2.24, 2.45) is 17.8 Å². The van der Waals surface area contributed by atoms with Crippen molar-refractivity contribution in [2.75, 3.05) is 0 Å². The van der Waals surface area contributed by atoms with Crippen LogP contribution in [0.4, 0.5) is 0 Å². The standard InChI is InChI=1S/C12H17N/c1-8(2)11-5-9(3)10(4)12(6-11)7-13/h10-12H,1,3,5-6H2,2,4H3. The quantitative estimate of drug-likeness (QED) is 0.561. The van der Waals surface area contributed by atoms with Crippen molar-refractivity contribution >= 4 is 0 Å². The van der Waals surface area contributed by atoms with Crippen LogP contribution in [0, 0.1) is 29.1 Å². The van der Waals surface area contributed by atoms with E-state index in [9.17, 15) is 0 Å². The van der Waals surface area contributed by atoms with Crippen LogP contribution in [0.5, 0.6) is 0 Å². The summed E-state index contributed by atoms with van der Waals surface area (Å²) in [6.07, 6.45) is 1.99. The van der Waals surface area contributed by atoms with Gasteiger partial charge in [0, 0.05) is 0 Å². The van der Waals surface area contributed by atoms with Gasteiger partial charge < -0.3 is 0 Å². The van der Waals surface area contributed by atoms with Crippen molar-refractivity contribution < 1.29 is 0 Å². The molecule has 1 nitrogen and oxygen atoms in total. The largest absolute Gasteiger partial charge is 0.198 e. The molecule has 0 N–H and O–H groups in total. The van der Waals surface area contributed by atoms with E-state index in [0.29, 0.717) is 11.8 Å².